The Morgan fingerprint density at radius 1 is 0.950 bits per heavy atom. The number of benzene rings is 2. The topological polar surface area (TPSA) is 87.5 Å². The molecule has 2 aliphatic carbocycles. The number of aromatic nitrogens is 2. The van der Waals surface area contributed by atoms with E-state index in [1.807, 2.05) is 53.2 Å². The molecule has 1 N–H and O–H groups in total. The van der Waals surface area contributed by atoms with Gasteiger partial charge in [0.1, 0.15) is 5.69 Å². The monoisotopic (exact) mass is 539 g/mol. The number of nitrogens with zero attached hydrogens (tertiary/aromatic N) is 4. The normalized spacial score (nSPS) is 24.0. The second-order valence-corrected chi connectivity index (χ2v) is 12.3. The first-order valence-corrected chi connectivity index (χ1v) is 14.9. The second kappa shape index (κ2) is 9.75. The quantitative estimate of drug-likeness (QED) is 0.527. The Bertz CT molecular complexity index is 1470. The maximum Gasteiger partial charge on any atom is 0.270 e. The molecule has 1 aromatic heterocycles. The molecule has 2 aromatic carbocycles. The summed E-state index contributed by atoms with van der Waals surface area (Å²) in [5, 5.41) is 8.61. The Labute approximate surface area is 234 Å². The Morgan fingerprint density at radius 2 is 1.65 bits per heavy atom. The molecule has 0 unspecified atom stereocenters. The Morgan fingerprint density at radius 3 is 2.40 bits per heavy atom. The van der Waals surface area contributed by atoms with E-state index in [9.17, 15) is 14.4 Å². The van der Waals surface area contributed by atoms with Crippen LogP contribution in [0.1, 0.15) is 67.4 Å². The van der Waals surface area contributed by atoms with Gasteiger partial charge in [-0.05, 0) is 75.0 Å². The van der Waals surface area contributed by atoms with Crippen molar-refractivity contribution in [1.82, 2.24) is 20.0 Å². The molecule has 0 bridgehead atoms. The molecule has 0 radical (unpaired) electrons. The fourth-order valence-electron chi connectivity index (χ4n) is 7.38. The summed E-state index contributed by atoms with van der Waals surface area (Å²) in [6.07, 6.45) is 7.20. The molecule has 3 fully saturated rings. The SMILES string of the molecule is Cn1nc2ccccc2c1C(=O)NC1CCC(CN2C(=O)C3(CCN(C(=O)C4CC4)CC3)c3ccccc32)CC1. The smallest absolute Gasteiger partial charge is 0.270 e. The summed E-state index contributed by atoms with van der Waals surface area (Å²) in [6.45, 7) is 2.05. The highest BCUT2D eigenvalue weighted by Crippen LogP contribution is 2.49. The van der Waals surface area contributed by atoms with Crippen LogP contribution in [0.15, 0.2) is 48.5 Å². The third-order valence-electron chi connectivity index (χ3n) is 9.80. The summed E-state index contributed by atoms with van der Waals surface area (Å²) in [5.74, 6) is 1.04. The van der Waals surface area contributed by atoms with Crippen LogP contribution in [0, 0.1) is 11.8 Å². The van der Waals surface area contributed by atoms with Crippen molar-refractivity contribution in [2.45, 2.75) is 62.8 Å². The number of nitrogens with one attached hydrogen (secondary N) is 1. The zero-order valence-electron chi connectivity index (χ0n) is 23.1. The number of anilines is 1. The average molecular weight is 540 g/mol. The lowest BCUT2D eigenvalue weighted by Crippen LogP contribution is -2.51. The first-order chi connectivity index (χ1) is 19.4. The summed E-state index contributed by atoms with van der Waals surface area (Å²) < 4.78 is 1.67. The van der Waals surface area contributed by atoms with Crippen LogP contribution in [-0.2, 0) is 22.1 Å². The highest BCUT2D eigenvalue weighted by Gasteiger charge is 2.53. The molecule has 2 saturated carbocycles. The molecular formula is C32H37N5O3. The Balaban J connectivity index is 0.996. The van der Waals surface area contributed by atoms with Crippen LogP contribution >= 0.6 is 0 Å². The Kier molecular flexibility index (Phi) is 6.17. The first kappa shape index (κ1) is 25.3. The zero-order chi connectivity index (χ0) is 27.4. The van der Waals surface area contributed by atoms with Gasteiger partial charge in [0.05, 0.1) is 10.9 Å². The van der Waals surface area contributed by atoms with Crippen molar-refractivity contribution >= 4 is 34.3 Å². The fourth-order valence-corrected chi connectivity index (χ4v) is 7.38. The minimum atomic E-state index is -0.506. The second-order valence-electron chi connectivity index (χ2n) is 12.3. The number of hydrogen-bond acceptors (Lipinski definition) is 4. The molecule has 0 atom stereocenters. The van der Waals surface area contributed by atoms with Crippen molar-refractivity contribution in [3.05, 3.63) is 59.8 Å². The average Bonchev–Trinajstić information content (AvgIpc) is 3.74. The predicted octanol–water partition coefficient (Wildman–Crippen LogP) is 4.18. The van der Waals surface area contributed by atoms with E-state index in [-0.39, 0.29) is 29.7 Å². The summed E-state index contributed by atoms with van der Waals surface area (Å²) in [7, 11) is 1.82. The lowest BCUT2D eigenvalue weighted by Gasteiger charge is -2.39. The lowest BCUT2D eigenvalue weighted by molar-refractivity contribution is -0.136. The van der Waals surface area contributed by atoms with Crippen molar-refractivity contribution in [1.29, 1.82) is 0 Å². The molecule has 3 heterocycles. The Hall–Kier alpha value is -3.68. The number of carbonyl (C=O) groups excluding carboxylic acids is 3. The van der Waals surface area contributed by atoms with E-state index >= 15 is 0 Å². The summed E-state index contributed by atoms with van der Waals surface area (Å²) in [4.78, 5) is 43.9. The van der Waals surface area contributed by atoms with Gasteiger partial charge in [0.25, 0.3) is 5.91 Å². The molecule has 4 aliphatic rings. The van der Waals surface area contributed by atoms with Crippen LogP contribution in [0.3, 0.4) is 0 Å². The van der Waals surface area contributed by atoms with Gasteiger partial charge in [-0.1, -0.05) is 36.4 Å². The number of piperidine rings is 1. The van der Waals surface area contributed by atoms with Gasteiger partial charge in [0.2, 0.25) is 11.8 Å². The number of aryl methyl sites for hydroxylation is 1. The van der Waals surface area contributed by atoms with Gasteiger partial charge in [-0.2, -0.15) is 5.10 Å². The highest BCUT2D eigenvalue weighted by atomic mass is 16.2. The van der Waals surface area contributed by atoms with Crippen LogP contribution in [0.25, 0.3) is 10.9 Å². The predicted molar refractivity (Wildman–Crippen MR) is 153 cm³/mol. The minimum absolute atomic E-state index is 0.0725. The van der Waals surface area contributed by atoms with Crippen LogP contribution in [-0.4, -0.2) is 58.1 Å². The molecule has 2 aliphatic heterocycles. The minimum Gasteiger partial charge on any atom is -0.348 e. The molecule has 208 valence electrons. The fraction of sp³-hybridized carbons (Fsp3) is 0.500. The van der Waals surface area contributed by atoms with Gasteiger partial charge >= 0.3 is 0 Å². The maximum atomic E-state index is 14.1. The van der Waals surface area contributed by atoms with E-state index in [4.69, 9.17) is 0 Å². The van der Waals surface area contributed by atoms with E-state index < -0.39 is 5.41 Å². The van der Waals surface area contributed by atoms with Crippen molar-refractivity contribution in [2.24, 2.45) is 18.9 Å². The van der Waals surface area contributed by atoms with Gasteiger partial charge in [-0.3, -0.25) is 19.1 Å². The molecule has 3 aromatic rings. The number of fused-ring (bicyclic) bond motifs is 3. The standard InChI is InChI=1S/C32H37N5O3/c1-35-28(24-6-2-4-8-26(24)34-35)29(38)33-23-14-10-21(11-15-23)20-37-27-9-5-3-7-25(27)32(31(37)40)16-18-36(19-17-32)30(39)22-12-13-22/h2-9,21-23H,10-20H2,1H3,(H,33,38). The summed E-state index contributed by atoms with van der Waals surface area (Å²) in [5.41, 5.74) is 3.11. The molecule has 3 amide bonds. The van der Waals surface area contributed by atoms with E-state index in [1.165, 1.54) is 0 Å². The lowest BCUT2D eigenvalue weighted by atomic mass is 9.73. The van der Waals surface area contributed by atoms with E-state index in [0.717, 1.165) is 67.2 Å². The number of rotatable bonds is 5. The van der Waals surface area contributed by atoms with Crippen LogP contribution in [0.4, 0.5) is 5.69 Å². The molecule has 8 heteroatoms. The summed E-state index contributed by atoms with van der Waals surface area (Å²) >= 11 is 0. The van der Waals surface area contributed by atoms with Gasteiger partial charge in [0.15, 0.2) is 0 Å². The van der Waals surface area contributed by atoms with Gasteiger partial charge in [0, 0.05) is 49.7 Å². The van der Waals surface area contributed by atoms with Crippen molar-refractivity contribution in [2.75, 3.05) is 24.5 Å². The first-order valence-electron chi connectivity index (χ1n) is 14.9. The van der Waals surface area contributed by atoms with Crippen LogP contribution in [0.2, 0.25) is 0 Å². The number of likely N-dealkylation sites (tertiary alicyclic amines) is 1. The molecule has 8 nitrogen and oxygen atoms in total. The number of carbonyl (C=O) groups is 3. The molecule has 1 saturated heterocycles. The maximum absolute atomic E-state index is 14.1. The van der Waals surface area contributed by atoms with Crippen molar-refractivity contribution in [3.63, 3.8) is 0 Å². The van der Waals surface area contributed by atoms with E-state index in [2.05, 4.69) is 22.5 Å². The van der Waals surface area contributed by atoms with Gasteiger partial charge in [-0.25, -0.2) is 0 Å². The highest BCUT2D eigenvalue weighted by molar-refractivity contribution is 6.08. The zero-order valence-corrected chi connectivity index (χ0v) is 23.1. The van der Waals surface area contributed by atoms with E-state index in [0.29, 0.717) is 37.5 Å². The molecule has 7 rings (SSSR count). The molecule has 1 spiro atoms. The third kappa shape index (κ3) is 4.19. The van der Waals surface area contributed by atoms with Crippen LogP contribution < -0.4 is 10.2 Å². The summed E-state index contributed by atoms with van der Waals surface area (Å²) in [6, 6.07) is 16.1. The van der Waals surface area contributed by atoms with Crippen molar-refractivity contribution < 1.29 is 14.4 Å². The third-order valence-corrected chi connectivity index (χ3v) is 9.80. The van der Waals surface area contributed by atoms with Gasteiger partial charge < -0.3 is 15.1 Å². The number of para-hydroxylation sites is 1. The number of hydrogen-bond donors (Lipinski definition) is 1. The van der Waals surface area contributed by atoms with Crippen LogP contribution in [0.5, 0.6) is 0 Å². The van der Waals surface area contributed by atoms with Gasteiger partial charge in [-0.15, -0.1) is 0 Å². The van der Waals surface area contributed by atoms with E-state index in [1.54, 1.807) is 4.68 Å². The largest absolute Gasteiger partial charge is 0.348 e. The molecular weight excluding hydrogens is 502 g/mol. The molecule has 40 heavy (non-hydrogen) atoms. The van der Waals surface area contributed by atoms with Crippen molar-refractivity contribution in [3.8, 4) is 0 Å². The number of amides is 3.